The molecular weight excluding hydrogens is 745 g/mol. The van der Waals surface area contributed by atoms with E-state index >= 15 is 0 Å². The van der Waals surface area contributed by atoms with Crippen molar-refractivity contribution in [3.63, 3.8) is 0 Å². The van der Waals surface area contributed by atoms with Crippen LogP contribution < -0.4 is 9.80 Å². The predicted molar refractivity (Wildman–Crippen MR) is 237 cm³/mol. The minimum atomic E-state index is -0.432. The van der Waals surface area contributed by atoms with Crippen LogP contribution in [-0.4, -0.2) is 0 Å². The summed E-state index contributed by atoms with van der Waals surface area (Å²) in [6.45, 7) is 0. The summed E-state index contributed by atoms with van der Waals surface area (Å²) in [5, 5.41) is 2.40. The Kier molecular flexibility index (Phi) is 7.58. The molecule has 0 saturated heterocycles. The molecule has 2 nitrogen and oxygen atoms in total. The summed E-state index contributed by atoms with van der Waals surface area (Å²) >= 11 is 3.99. The van der Waals surface area contributed by atoms with Gasteiger partial charge >= 0.3 is 0 Å². The molecule has 0 unspecified atom stereocenters. The van der Waals surface area contributed by atoms with Gasteiger partial charge in [-0.15, -0.1) is 0 Å². The van der Waals surface area contributed by atoms with Crippen LogP contribution in [0.4, 0.5) is 34.1 Å². The van der Waals surface area contributed by atoms with Crippen molar-refractivity contribution in [3.8, 4) is 22.3 Å². The van der Waals surface area contributed by atoms with E-state index in [4.69, 9.17) is 0 Å². The Labute approximate surface area is 335 Å². The number of hydrogen-bond donors (Lipinski definition) is 0. The molecule has 2 aliphatic carbocycles. The van der Waals surface area contributed by atoms with Crippen LogP contribution in [0.5, 0.6) is 0 Å². The first kappa shape index (κ1) is 32.7. The molecule has 0 radical (unpaired) electrons. The Bertz CT molecular complexity index is 2880. The first-order valence-electron chi connectivity index (χ1n) is 19.1. The maximum atomic E-state index is 3.99. The van der Waals surface area contributed by atoms with Crippen molar-refractivity contribution in [2.75, 3.05) is 9.80 Å². The van der Waals surface area contributed by atoms with Crippen molar-refractivity contribution >= 4 is 60.8 Å². The Balaban J connectivity index is 1.15. The zero-order valence-corrected chi connectivity index (χ0v) is 32.1. The summed E-state index contributed by atoms with van der Waals surface area (Å²) in [5.41, 5.74) is 16.6. The molecule has 0 N–H and O–H groups in total. The molecule has 0 bridgehead atoms. The molecule has 0 aromatic heterocycles. The van der Waals surface area contributed by atoms with Crippen molar-refractivity contribution in [2.45, 2.75) is 5.41 Å². The molecule has 0 amide bonds. The number of halogens is 1. The summed E-state index contributed by atoms with van der Waals surface area (Å²) < 4.78 is 0.996. The van der Waals surface area contributed by atoms with E-state index in [1.165, 1.54) is 55.3 Å². The standard InChI is InChI=1S/C53H35BrN2/c54-37-32-41(34-42(33-37)56(39-20-5-2-6-21-39)52-29-15-17-36-16-7-8-22-43(36)52)55(38-18-3-1-4-19-38)40-30-31-47-46-25-11-14-28-50(46)53(51(47)35-40)48-26-12-9-23-44(48)45-24-10-13-27-49(45)53/h1-35H. The molecule has 9 aromatic carbocycles. The van der Waals surface area contributed by atoms with Crippen LogP contribution in [-0.2, 0) is 5.41 Å². The fraction of sp³-hybridized carbons (Fsp3) is 0.0189. The highest BCUT2D eigenvalue weighted by atomic mass is 79.9. The zero-order chi connectivity index (χ0) is 37.2. The maximum Gasteiger partial charge on any atom is 0.0726 e. The van der Waals surface area contributed by atoms with E-state index in [-0.39, 0.29) is 0 Å². The summed E-state index contributed by atoms with van der Waals surface area (Å²) in [4.78, 5) is 4.78. The Morgan fingerprint density at radius 3 is 1.43 bits per heavy atom. The zero-order valence-electron chi connectivity index (χ0n) is 30.5. The van der Waals surface area contributed by atoms with Crippen molar-refractivity contribution in [2.24, 2.45) is 0 Å². The van der Waals surface area contributed by atoms with E-state index in [9.17, 15) is 0 Å². The normalized spacial score (nSPS) is 12.9. The smallest absolute Gasteiger partial charge is 0.0726 e. The molecule has 0 saturated carbocycles. The van der Waals surface area contributed by atoms with E-state index in [1.807, 2.05) is 0 Å². The number of fused-ring (bicyclic) bond motifs is 11. The SMILES string of the molecule is Brc1cc(N(c2ccccc2)c2ccc3c(c2)C2(c4ccccc4-c4ccccc42)c2ccccc2-3)cc(N(c2ccccc2)c2cccc3ccccc23)c1. The molecule has 9 aromatic rings. The third kappa shape index (κ3) is 4.87. The van der Waals surface area contributed by atoms with E-state index in [0.717, 1.165) is 38.6 Å². The van der Waals surface area contributed by atoms with E-state index < -0.39 is 5.41 Å². The van der Waals surface area contributed by atoms with E-state index in [2.05, 4.69) is 238 Å². The first-order valence-corrected chi connectivity index (χ1v) is 19.9. The average molecular weight is 780 g/mol. The summed E-state index contributed by atoms with van der Waals surface area (Å²) in [5.74, 6) is 0. The van der Waals surface area contributed by atoms with Gasteiger partial charge in [-0.1, -0.05) is 168 Å². The van der Waals surface area contributed by atoms with Crippen LogP contribution in [0.2, 0.25) is 0 Å². The quantitative estimate of drug-likeness (QED) is 0.166. The molecule has 0 heterocycles. The van der Waals surface area contributed by atoms with Crippen molar-refractivity contribution in [1.29, 1.82) is 0 Å². The topological polar surface area (TPSA) is 6.48 Å². The van der Waals surface area contributed by atoms with Gasteiger partial charge in [-0.25, -0.2) is 0 Å². The van der Waals surface area contributed by atoms with Gasteiger partial charge in [0, 0.05) is 38.3 Å². The lowest BCUT2D eigenvalue weighted by atomic mass is 9.70. The molecule has 1 spiro atoms. The van der Waals surface area contributed by atoms with Crippen LogP contribution in [0, 0.1) is 0 Å². The van der Waals surface area contributed by atoms with Gasteiger partial charge in [0.15, 0.2) is 0 Å². The summed E-state index contributed by atoms with van der Waals surface area (Å²) in [7, 11) is 0. The minimum Gasteiger partial charge on any atom is -0.310 e. The number of anilines is 6. The highest BCUT2D eigenvalue weighted by Gasteiger charge is 2.51. The predicted octanol–water partition coefficient (Wildman–Crippen LogP) is 14.9. The Morgan fingerprint density at radius 2 is 0.804 bits per heavy atom. The highest BCUT2D eigenvalue weighted by Crippen LogP contribution is 2.63. The van der Waals surface area contributed by atoms with Crippen LogP contribution >= 0.6 is 15.9 Å². The maximum absolute atomic E-state index is 3.99. The third-order valence-corrected chi connectivity index (χ3v) is 12.1. The third-order valence-electron chi connectivity index (χ3n) is 11.7. The number of para-hydroxylation sites is 2. The van der Waals surface area contributed by atoms with Crippen LogP contribution in [0.1, 0.15) is 22.3 Å². The number of rotatable bonds is 6. The fourth-order valence-electron chi connectivity index (χ4n) is 9.47. The van der Waals surface area contributed by atoms with Gasteiger partial charge in [0.2, 0.25) is 0 Å². The van der Waals surface area contributed by atoms with Gasteiger partial charge in [-0.05, 0) is 111 Å². The van der Waals surface area contributed by atoms with E-state index in [0.29, 0.717) is 0 Å². The lowest BCUT2D eigenvalue weighted by Gasteiger charge is -2.33. The van der Waals surface area contributed by atoms with Crippen molar-refractivity contribution < 1.29 is 0 Å². The lowest BCUT2D eigenvalue weighted by Crippen LogP contribution is -2.26. The van der Waals surface area contributed by atoms with Gasteiger partial charge < -0.3 is 9.80 Å². The number of nitrogens with zero attached hydrogens (tertiary/aromatic N) is 2. The molecule has 0 aliphatic heterocycles. The van der Waals surface area contributed by atoms with Gasteiger partial charge in [0.25, 0.3) is 0 Å². The monoisotopic (exact) mass is 778 g/mol. The van der Waals surface area contributed by atoms with Crippen molar-refractivity contribution in [1.82, 2.24) is 0 Å². The molecular formula is C53H35BrN2. The summed E-state index contributed by atoms with van der Waals surface area (Å²) in [6, 6.07) is 77.5. The number of benzene rings is 9. The lowest BCUT2D eigenvalue weighted by molar-refractivity contribution is 0.793. The molecule has 3 heteroatoms. The van der Waals surface area contributed by atoms with Gasteiger partial charge in [-0.3, -0.25) is 0 Å². The molecule has 2 aliphatic rings. The van der Waals surface area contributed by atoms with Crippen LogP contribution in [0.25, 0.3) is 33.0 Å². The molecule has 11 rings (SSSR count). The molecule has 0 atom stereocenters. The van der Waals surface area contributed by atoms with Crippen LogP contribution in [0.15, 0.2) is 217 Å². The molecule has 0 fully saturated rings. The van der Waals surface area contributed by atoms with Gasteiger partial charge in [-0.2, -0.15) is 0 Å². The number of hydrogen-bond acceptors (Lipinski definition) is 2. The Morgan fingerprint density at radius 1 is 0.321 bits per heavy atom. The second kappa shape index (κ2) is 13.0. The van der Waals surface area contributed by atoms with Crippen molar-refractivity contribution in [3.05, 3.63) is 239 Å². The molecule has 56 heavy (non-hydrogen) atoms. The fourth-order valence-corrected chi connectivity index (χ4v) is 9.94. The molecule has 264 valence electrons. The Hall–Kier alpha value is -6.68. The van der Waals surface area contributed by atoms with E-state index in [1.54, 1.807) is 0 Å². The average Bonchev–Trinajstić information content (AvgIpc) is 3.72. The largest absolute Gasteiger partial charge is 0.310 e. The highest BCUT2D eigenvalue weighted by molar-refractivity contribution is 9.10. The van der Waals surface area contributed by atoms with Gasteiger partial charge in [0.1, 0.15) is 0 Å². The van der Waals surface area contributed by atoms with Gasteiger partial charge in [0.05, 0.1) is 11.1 Å². The second-order valence-electron chi connectivity index (χ2n) is 14.6. The van der Waals surface area contributed by atoms with Crippen LogP contribution in [0.3, 0.4) is 0 Å². The minimum absolute atomic E-state index is 0.432. The first-order chi connectivity index (χ1) is 27.7. The summed E-state index contributed by atoms with van der Waals surface area (Å²) in [6.07, 6.45) is 0. The second-order valence-corrected chi connectivity index (χ2v) is 15.5.